The maximum Gasteiger partial charge on any atom is 0.490 e. The van der Waals surface area contributed by atoms with Crippen molar-refractivity contribution >= 4 is 40.7 Å². The minimum absolute atomic E-state index is 0.646. The van der Waals surface area contributed by atoms with Gasteiger partial charge in [-0.3, -0.25) is 0 Å². The van der Waals surface area contributed by atoms with Gasteiger partial charge in [0, 0.05) is 27.4 Å². The summed E-state index contributed by atoms with van der Waals surface area (Å²) < 4.78 is 31.7. The minimum atomic E-state index is -5.08. The van der Waals surface area contributed by atoms with E-state index < -0.39 is 12.1 Å². The molecule has 0 aromatic heterocycles. The molecule has 1 fully saturated rings. The molecular weight excluding hydrogens is 437 g/mol. The van der Waals surface area contributed by atoms with Crippen molar-refractivity contribution in [3.8, 4) is 0 Å². The third kappa shape index (κ3) is 5.83. The molecule has 162 valence electrons. The van der Waals surface area contributed by atoms with Crippen molar-refractivity contribution in [3.63, 3.8) is 0 Å². The quantitative estimate of drug-likeness (QED) is 0.581. The number of carboxylic acid groups (broad SMARTS) is 1. The first-order valence-electron chi connectivity index (χ1n) is 9.63. The molecular formula is C21H22ClF3N2O2S. The Morgan fingerprint density at radius 3 is 2.53 bits per heavy atom. The highest BCUT2D eigenvalue weighted by Gasteiger charge is 2.38. The van der Waals surface area contributed by atoms with Crippen molar-refractivity contribution in [1.82, 2.24) is 5.32 Å². The highest BCUT2D eigenvalue weighted by Crippen LogP contribution is 2.48. The van der Waals surface area contributed by atoms with Gasteiger partial charge in [0.05, 0.1) is 11.4 Å². The Balaban J connectivity index is 0.000000318. The van der Waals surface area contributed by atoms with E-state index in [1.807, 2.05) is 17.8 Å². The average Bonchev–Trinajstić information content (AvgIpc) is 2.72. The molecule has 4 nitrogen and oxygen atoms in total. The molecule has 0 bridgehead atoms. The molecule has 30 heavy (non-hydrogen) atoms. The number of benzene rings is 2. The highest BCUT2D eigenvalue weighted by atomic mass is 35.5. The lowest BCUT2D eigenvalue weighted by Gasteiger charge is -2.34. The molecule has 0 saturated carbocycles. The van der Waals surface area contributed by atoms with Crippen LogP contribution in [0.5, 0.6) is 0 Å². The number of anilines is 2. The van der Waals surface area contributed by atoms with E-state index in [0.717, 1.165) is 11.6 Å². The summed E-state index contributed by atoms with van der Waals surface area (Å²) in [7, 11) is 0. The van der Waals surface area contributed by atoms with Gasteiger partial charge in [-0.15, -0.1) is 0 Å². The maximum atomic E-state index is 10.6. The zero-order valence-electron chi connectivity index (χ0n) is 16.1. The van der Waals surface area contributed by atoms with Gasteiger partial charge < -0.3 is 15.3 Å². The first kappa shape index (κ1) is 22.8. The lowest BCUT2D eigenvalue weighted by atomic mass is 10.0. The van der Waals surface area contributed by atoms with Gasteiger partial charge in [0.25, 0.3) is 0 Å². The SMILES string of the molecule is Clc1ccc2c(c1)N(CCC1CCCCN1)c1ccccc1S2.O=C(O)C(F)(F)F. The van der Waals surface area contributed by atoms with E-state index >= 15 is 0 Å². The molecule has 1 saturated heterocycles. The monoisotopic (exact) mass is 458 g/mol. The Kier molecular flexibility index (Phi) is 7.55. The smallest absolute Gasteiger partial charge is 0.475 e. The van der Waals surface area contributed by atoms with E-state index in [1.54, 1.807) is 0 Å². The van der Waals surface area contributed by atoms with Crippen LogP contribution in [0.1, 0.15) is 25.7 Å². The second-order valence-corrected chi connectivity index (χ2v) is 8.59. The van der Waals surface area contributed by atoms with Gasteiger partial charge in [-0.2, -0.15) is 13.2 Å². The van der Waals surface area contributed by atoms with Crippen LogP contribution in [-0.4, -0.2) is 36.4 Å². The fraction of sp³-hybridized carbons (Fsp3) is 0.381. The number of hydrogen-bond acceptors (Lipinski definition) is 4. The third-order valence-corrected chi connectivity index (χ3v) is 6.31. The summed E-state index contributed by atoms with van der Waals surface area (Å²) in [6.07, 6.45) is 0.0578. The number of nitrogens with zero attached hydrogens (tertiary/aromatic N) is 1. The summed E-state index contributed by atoms with van der Waals surface area (Å²) in [4.78, 5) is 14.0. The van der Waals surface area contributed by atoms with Crippen molar-refractivity contribution in [2.24, 2.45) is 0 Å². The fourth-order valence-corrected chi connectivity index (χ4v) is 4.74. The Hall–Kier alpha value is -1.90. The van der Waals surface area contributed by atoms with Gasteiger partial charge >= 0.3 is 12.1 Å². The van der Waals surface area contributed by atoms with E-state index in [9.17, 15) is 13.2 Å². The molecule has 2 heterocycles. The van der Waals surface area contributed by atoms with Crippen molar-refractivity contribution in [3.05, 3.63) is 47.5 Å². The molecule has 0 spiro atoms. The Labute approximate surface area is 182 Å². The van der Waals surface area contributed by atoms with E-state index in [0.29, 0.717) is 6.04 Å². The molecule has 0 amide bonds. The normalized spacial score (nSPS) is 18.0. The predicted octanol–water partition coefficient (Wildman–Crippen LogP) is 6.11. The maximum absolute atomic E-state index is 10.6. The molecule has 2 aromatic carbocycles. The molecule has 1 atom stereocenters. The Morgan fingerprint density at radius 1 is 1.17 bits per heavy atom. The van der Waals surface area contributed by atoms with Crippen LogP contribution in [0.4, 0.5) is 24.5 Å². The molecule has 2 aliphatic heterocycles. The van der Waals surface area contributed by atoms with Crippen molar-refractivity contribution in [1.29, 1.82) is 0 Å². The Bertz CT molecular complexity index is 889. The van der Waals surface area contributed by atoms with Gasteiger partial charge in [-0.1, -0.05) is 41.9 Å². The van der Waals surface area contributed by atoms with Crippen LogP contribution in [-0.2, 0) is 4.79 Å². The van der Waals surface area contributed by atoms with E-state index in [2.05, 4.69) is 46.6 Å². The second kappa shape index (κ2) is 9.94. The standard InChI is InChI=1S/C19H21ClN2S.C2HF3O2/c20-14-8-9-19-17(13-14)22(12-10-15-5-3-4-11-21-15)16-6-1-2-7-18(16)23-19;3-2(4,5)1(6)7/h1-2,6-9,13,15,21H,3-5,10-12H2;(H,6,7). The number of fused-ring (bicyclic) bond motifs is 2. The van der Waals surface area contributed by atoms with Crippen LogP contribution in [0.15, 0.2) is 52.3 Å². The van der Waals surface area contributed by atoms with Crippen LogP contribution in [0.2, 0.25) is 5.02 Å². The van der Waals surface area contributed by atoms with Crippen LogP contribution in [0.3, 0.4) is 0 Å². The fourth-order valence-electron chi connectivity index (χ4n) is 3.50. The number of nitrogens with one attached hydrogen (secondary N) is 1. The first-order valence-corrected chi connectivity index (χ1v) is 10.8. The number of aliphatic carboxylic acids is 1. The molecule has 9 heteroatoms. The molecule has 2 aliphatic rings. The lowest BCUT2D eigenvalue weighted by molar-refractivity contribution is -0.192. The van der Waals surface area contributed by atoms with Gasteiger partial charge in [-0.05, 0) is 56.1 Å². The first-order chi connectivity index (χ1) is 14.3. The number of halogens is 4. The largest absolute Gasteiger partial charge is 0.490 e. The predicted molar refractivity (Wildman–Crippen MR) is 113 cm³/mol. The van der Waals surface area contributed by atoms with Crippen molar-refractivity contribution in [2.75, 3.05) is 18.0 Å². The summed E-state index contributed by atoms with van der Waals surface area (Å²) in [6.45, 7) is 2.20. The van der Waals surface area contributed by atoms with E-state index in [1.165, 1.54) is 53.4 Å². The second-order valence-electron chi connectivity index (χ2n) is 7.07. The number of rotatable bonds is 3. The van der Waals surface area contributed by atoms with Crippen molar-refractivity contribution in [2.45, 2.75) is 47.7 Å². The van der Waals surface area contributed by atoms with Gasteiger partial charge in [-0.25, -0.2) is 4.79 Å². The molecule has 2 N–H and O–H groups in total. The summed E-state index contributed by atoms with van der Waals surface area (Å²) in [5.41, 5.74) is 2.56. The summed E-state index contributed by atoms with van der Waals surface area (Å²) >= 11 is 8.11. The van der Waals surface area contributed by atoms with Gasteiger partial charge in [0.1, 0.15) is 0 Å². The van der Waals surface area contributed by atoms with Gasteiger partial charge in [0.15, 0.2) is 0 Å². The summed E-state index contributed by atoms with van der Waals surface area (Å²) in [5, 5.41) is 11.6. The number of carbonyl (C=O) groups is 1. The number of carboxylic acids is 1. The Morgan fingerprint density at radius 2 is 1.87 bits per heavy atom. The molecule has 1 unspecified atom stereocenters. The molecule has 4 rings (SSSR count). The average molecular weight is 459 g/mol. The van der Waals surface area contributed by atoms with Gasteiger partial charge in [0.2, 0.25) is 0 Å². The molecule has 0 radical (unpaired) electrons. The van der Waals surface area contributed by atoms with Crippen LogP contribution in [0, 0.1) is 0 Å². The van der Waals surface area contributed by atoms with E-state index in [4.69, 9.17) is 21.5 Å². The third-order valence-electron chi connectivity index (χ3n) is 4.94. The van der Waals surface area contributed by atoms with E-state index in [-0.39, 0.29) is 0 Å². The molecule has 2 aromatic rings. The number of alkyl halides is 3. The number of para-hydroxylation sites is 1. The lowest BCUT2D eigenvalue weighted by Crippen LogP contribution is -2.37. The zero-order valence-corrected chi connectivity index (χ0v) is 17.7. The number of piperidine rings is 1. The highest BCUT2D eigenvalue weighted by molar-refractivity contribution is 7.99. The van der Waals surface area contributed by atoms with Crippen LogP contribution in [0.25, 0.3) is 0 Å². The minimum Gasteiger partial charge on any atom is -0.475 e. The molecule has 0 aliphatic carbocycles. The zero-order chi connectivity index (χ0) is 21.7. The summed E-state index contributed by atoms with van der Waals surface area (Å²) in [5.74, 6) is -2.76. The van der Waals surface area contributed by atoms with Crippen molar-refractivity contribution < 1.29 is 23.1 Å². The topological polar surface area (TPSA) is 52.6 Å². The van der Waals surface area contributed by atoms with Crippen LogP contribution < -0.4 is 10.2 Å². The van der Waals surface area contributed by atoms with Crippen LogP contribution >= 0.6 is 23.4 Å². The number of hydrogen-bond donors (Lipinski definition) is 2. The summed E-state index contributed by atoms with van der Waals surface area (Å²) in [6, 6.07) is 15.6.